The molecular formula is C24H21FN4OS. The van der Waals surface area contributed by atoms with Crippen LogP contribution in [0, 0.1) is 5.82 Å². The lowest BCUT2D eigenvalue weighted by molar-refractivity contribution is -0.118. The third-order valence-electron chi connectivity index (χ3n) is 4.83. The molecule has 1 amide bonds. The molecule has 4 aromatic rings. The van der Waals surface area contributed by atoms with Gasteiger partial charge in [0.1, 0.15) is 5.82 Å². The lowest BCUT2D eigenvalue weighted by Crippen LogP contribution is -2.41. The molecule has 1 unspecified atom stereocenters. The second-order valence-electron chi connectivity index (χ2n) is 7.03. The largest absolute Gasteiger partial charge is 0.325 e. The molecule has 31 heavy (non-hydrogen) atoms. The molecule has 2 aromatic carbocycles. The summed E-state index contributed by atoms with van der Waals surface area (Å²) in [6, 6.07) is 18.2. The molecule has 2 N–H and O–H groups in total. The van der Waals surface area contributed by atoms with Crippen LogP contribution >= 0.6 is 11.3 Å². The summed E-state index contributed by atoms with van der Waals surface area (Å²) >= 11 is 1.52. The lowest BCUT2D eigenvalue weighted by Gasteiger charge is -2.19. The highest BCUT2D eigenvalue weighted by atomic mass is 32.1. The quantitative estimate of drug-likeness (QED) is 0.424. The minimum absolute atomic E-state index is 0.161. The molecule has 2 heterocycles. The number of hydrogen-bond acceptors (Lipinski definition) is 5. The minimum Gasteiger partial charge on any atom is -0.325 e. The van der Waals surface area contributed by atoms with Gasteiger partial charge in [-0.25, -0.2) is 9.37 Å². The van der Waals surface area contributed by atoms with Crippen LogP contribution in [-0.4, -0.2) is 21.9 Å². The Bertz CT molecular complexity index is 1140. The molecule has 2 aromatic heterocycles. The van der Waals surface area contributed by atoms with Crippen molar-refractivity contribution in [1.82, 2.24) is 15.3 Å². The fourth-order valence-corrected chi connectivity index (χ4v) is 3.82. The maximum atomic E-state index is 14.1. The van der Waals surface area contributed by atoms with E-state index in [4.69, 9.17) is 0 Å². The zero-order valence-corrected chi connectivity index (χ0v) is 17.5. The standard InChI is InChI=1S/C24H21FN4OS/c25-22-14-26-10-9-21(22)18-7-4-8-19(12-18)29-24(30)23(11-17-5-2-1-3-6-17)27-13-20-15-31-16-28-20/h1-10,12,14-16,23,27H,11,13H2,(H,29,30). The van der Waals surface area contributed by atoms with Gasteiger partial charge in [0.05, 0.1) is 23.4 Å². The molecule has 0 bridgehead atoms. The van der Waals surface area contributed by atoms with Crippen LogP contribution in [0.4, 0.5) is 10.1 Å². The lowest BCUT2D eigenvalue weighted by atomic mass is 10.0. The third kappa shape index (κ3) is 5.59. The van der Waals surface area contributed by atoms with E-state index in [1.165, 1.54) is 17.5 Å². The van der Waals surface area contributed by atoms with E-state index in [2.05, 4.69) is 20.6 Å². The molecule has 0 spiro atoms. The first-order chi connectivity index (χ1) is 15.2. The summed E-state index contributed by atoms with van der Waals surface area (Å²) in [7, 11) is 0. The first kappa shape index (κ1) is 20.8. The summed E-state index contributed by atoms with van der Waals surface area (Å²) in [4.78, 5) is 21.2. The van der Waals surface area contributed by atoms with Crippen molar-refractivity contribution in [2.45, 2.75) is 19.0 Å². The molecule has 7 heteroatoms. The van der Waals surface area contributed by atoms with Crippen LogP contribution in [0.5, 0.6) is 0 Å². The van der Waals surface area contributed by atoms with Crippen molar-refractivity contribution < 1.29 is 9.18 Å². The highest BCUT2D eigenvalue weighted by molar-refractivity contribution is 7.07. The Balaban J connectivity index is 1.51. The summed E-state index contributed by atoms with van der Waals surface area (Å²) in [5, 5.41) is 8.23. The number of pyridine rings is 1. The van der Waals surface area contributed by atoms with Crippen LogP contribution in [0.1, 0.15) is 11.3 Å². The smallest absolute Gasteiger partial charge is 0.241 e. The molecule has 0 aliphatic carbocycles. The van der Waals surface area contributed by atoms with Gasteiger partial charge in [-0.15, -0.1) is 11.3 Å². The van der Waals surface area contributed by atoms with Gasteiger partial charge in [-0.3, -0.25) is 15.1 Å². The van der Waals surface area contributed by atoms with E-state index in [-0.39, 0.29) is 5.91 Å². The topological polar surface area (TPSA) is 66.9 Å². The number of rotatable bonds is 8. The highest BCUT2D eigenvalue weighted by Crippen LogP contribution is 2.24. The zero-order valence-electron chi connectivity index (χ0n) is 16.7. The van der Waals surface area contributed by atoms with Crippen LogP contribution in [0.2, 0.25) is 0 Å². The number of benzene rings is 2. The number of nitrogens with zero attached hydrogens (tertiary/aromatic N) is 2. The van der Waals surface area contributed by atoms with Gasteiger partial charge in [-0.05, 0) is 35.7 Å². The van der Waals surface area contributed by atoms with Crippen molar-refractivity contribution in [3.8, 4) is 11.1 Å². The molecule has 156 valence electrons. The van der Waals surface area contributed by atoms with E-state index >= 15 is 0 Å². The van der Waals surface area contributed by atoms with E-state index in [1.54, 1.807) is 42.0 Å². The summed E-state index contributed by atoms with van der Waals surface area (Å²) in [5.74, 6) is -0.565. The predicted molar refractivity (Wildman–Crippen MR) is 121 cm³/mol. The highest BCUT2D eigenvalue weighted by Gasteiger charge is 2.19. The molecule has 0 saturated heterocycles. The Morgan fingerprint density at radius 1 is 1.10 bits per heavy atom. The van der Waals surface area contributed by atoms with Crippen molar-refractivity contribution in [1.29, 1.82) is 0 Å². The van der Waals surface area contributed by atoms with E-state index in [9.17, 15) is 9.18 Å². The number of hydrogen-bond donors (Lipinski definition) is 2. The Labute approximate surface area is 184 Å². The second-order valence-corrected chi connectivity index (χ2v) is 7.75. The number of amides is 1. The second kappa shape index (κ2) is 10.1. The van der Waals surface area contributed by atoms with Gasteiger partial charge in [0.15, 0.2) is 0 Å². The van der Waals surface area contributed by atoms with Gasteiger partial charge >= 0.3 is 0 Å². The number of halogens is 1. The van der Waals surface area contributed by atoms with E-state index in [0.717, 1.165) is 11.3 Å². The normalized spacial score (nSPS) is 11.8. The predicted octanol–water partition coefficient (Wildman–Crippen LogP) is 4.68. The summed E-state index contributed by atoms with van der Waals surface area (Å²) in [6.07, 6.45) is 3.26. The first-order valence-corrected chi connectivity index (χ1v) is 10.8. The summed E-state index contributed by atoms with van der Waals surface area (Å²) in [6.45, 7) is 0.497. The van der Waals surface area contributed by atoms with Crippen molar-refractivity contribution in [3.05, 3.63) is 101 Å². The monoisotopic (exact) mass is 432 g/mol. The minimum atomic E-state index is -0.453. The van der Waals surface area contributed by atoms with E-state index in [0.29, 0.717) is 29.8 Å². The van der Waals surface area contributed by atoms with Gasteiger partial charge in [0.2, 0.25) is 5.91 Å². The molecule has 0 saturated carbocycles. The first-order valence-electron chi connectivity index (χ1n) is 9.84. The molecule has 0 aliphatic rings. The fourth-order valence-electron chi connectivity index (χ4n) is 3.26. The molecule has 1 atom stereocenters. The number of nitrogens with one attached hydrogen (secondary N) is 2. The number of carbonyl (C=O) groups is 1. The Kier molecular flexibility index (Phi) is 6.76. The number of thiazole rings is 1. The molecule has 5 nitrogen and oxygen atoms in total. The average Bonchev–Trinajstić information content (AvgIpc) is 3.31. The van der Waals surface area contributed by atoms with Crippen molar-refractivity contribution >= 4 is 22.9 Å². The number of carbonyl (C=O) groups excluding carboxylic acids is 1. The van der Waals surface area contributed by atoms with Crippen LogP contribution in [0.25, 0.3) is 11.1 Å². The summed E-state index contributed by atoms with van der Waals surface area (Å²) in [5.41, 5.74) is 5.44. The van der Waals surface area contributed by atoms with E-state index in [1.807, 2.05) is 35.7 Å². The number of anilines is 1. The molecule has 0 radical (unpaired) electrons. The molecule has 0 fully saturated rings. The van der Waals surface area contributed by atoms with Gasteiger partial charge in [0.25, 0.3) is 0 Å². The average molecular weight is 433 g/mol. The molecule has 4 rings (SSSR count). The van der Waals surface area contributed by atoms with Gasteiger partial charge in [-0.1, -0.05) is 42.5 Å². The summed E-state index contributed by atoms with van der Waals surface area (Å²) < 4.78 is 14.1. The molecule has 0 aliphatic heterocycles. The number of aromatic nitrogens is 2. The van der Waals surface area contributed by atoms with Gasteiger partial charge in [0, 0.05) is 29.4 Å². The SMILES string of the molecule is O=C(Nc1cccc(-c2ccncc2F)c1)C(Cc1ccccc1)NCc1cscn1. The van der Waals surface area contributed by atoms with Gasteiger partial charge in [-0.2, -0.15) is 0 Å². The van der Waals surface area contributed by atoms with Crippen LogP contribution < -0.4 is 10.6 Å². The van der Waals surface area contributed by atoms with E-state index < -0.39 is 11.9 Å². The van der Waals surface area contributed by atoms with Gasteiger partial charge < -0.3 is 5.32 Å². The van der Waals surface area contributed by atoms with Crippen LogP contribution in [0.3, 0.4) is 0 Å². The zero-order chi connectivity index (χ0) is 21.5. The Morgan fingerprint density at radius 3 is 2.74 bits per heavy atom. The maximum absolute atomic E-state index is 14.1. The molecular weight excluding hydrogens is 411 g/mol. The van der Waals surface area contributed by atoms with Crippen LogP contribution in [0.15, 0.2) is 83.9 Å². The maximum Gasteiger partial charge on any atom is 0.241 e. The van der Waals surface area contributed by atoms with Crippen LogP contribution in [-0.2, 0) is 17.8 Å². The van der Waals surface area contributed by atoms with Crippen molar-refractivity contribution in [3.63, 3.8) is 0 Å². The Hall–Kier alpha value is -3.42. The van der Waals surface area contributed by atoms with Crippen molar-refractivity contribution in [2.24, 2.45) is 0 Å². The third-order valence-corrected chi connectivity index (χ3v) is 5.46. The van der Waals surface area contributed by atoms with Crippen molar-refractivity contribution in [2.75, 3.05) is 5.32 Å². The Morgan fingerprint density at radius 2 is 1.97 bits per heavy atom. The fraction of sp³-hybridized carbons (Fsp3) is 0.125.